The SMILES string of the molecule is Cc1cc(C)nc(SCc2nnc(SCCC(=O)O)n2C)n1. The highest BCUT2D eigenvalue weighted by atomic mass is 32.2. The highest BCUT2D eigenvalue weighted by Gasteiger charge is 2.11. The number of aryl methyl sites for hydroxylation is 2. The summed E-state index contributed by atoms with van der Waals surface area (Å²) in [6, 6.07) is 1.93. The van der Waals surface area contributed by atoms with Crippen LogP contribution in [0.3, 0.4) is 0 Å². The minimum absolute atomic E-state index is 0.109. The summed E-state index contributed by atoms with van der Waals surface area (Å²) in [6.45, 7) is 3.89. The maximum absolute atomic E-state index is 10.5. The van der Waals surface area contributed by atoms with E-state index in [1.807, 2.05) is 31.5 Å². The number of carboxylic acid groups (broad SMARTS) is 1. The second-order valence-corrected chi connectivity index (χ2v) is 6.68. The van der Waals surface area contributed by atoms with Crippen molar-refractivity contribution < 1.29 is 9.90 Å². The first-order chi connectivity index (χ1) is 10.5. The number of carboxylic acids is 1. The number of rotatable bonds is 7. The molecule has 118 valence electrons. The van der Waals surface area contributed by atoms with Crippen molar-refractivity contribution in [1.29, 1.82) is 0 Å². The topological polar surface area (TPSA) is 93.8 Å². The first-order valence-corrected chi connectivity index (χ1v) is 8.61. The van der Waals surface area contributed by atoms with Gasteiger partial charge in [-0.15, -0.1) is 10.2 Å². The highest BCUT2D eigenvalue weighted by molar-refractivity contribution is 7.99. The Kier molecular flexibility index (Phi) is 5.78. The summed E-state index contributed by atoms with van der Waals surface area (Å²) >= 11 is 2.90. The molecule has 7 nitrogen and oxygen atoms in total. The van der Waals surface area contributed by atoms with Crippen molar-refractivity contribution in [3.63, 3.8) is 0 Å². The molecule has 0 unspecified atom stereocenters. The number of aliphatic carboxylic acids is 1. The third-order valence-corrected chi connectivity index (χ3v) is 4.63. The Balaban J connectivity index is 1.95. The van der Waals surface area contributed by atoms with Crippen molar-refractivity contribution in [2.45, 2.75) is 36.3 Å². The Labute approximate surface area is 137 Å². The van der Waals surface area contributed by atoms with Crippen molar-refractivity contribution >= 4 is 29.5 Å². The molecular formula is C13H17N5O2S2. The summed E-state index contributed by atoms with van der Waals surface area (Å²) in [5, 5.41) is 18.3. The molecule has 22 heavy (non-hydrogen) atoms. The molecule has 2 heterocycles. The molecule has 1 N–H and O–H groups in total. The first kappa shape index (κ1) is 16.8. The lowest BCUT2D eigenvalue weighted by Gasteiger charge is -2.04. The third-order valence-electron chi connectivity index (χ3n) is 2.76. The van der Waals surface area contributed by atoms with Gasteiger partial charge in [-0.2, -0.15) is 0 Å². The Hall–Kier alpha value is -1.61. The van der Waals surface area contributed by atoms with Gasteiger partial charge < -0.3 is 9.67 Å². The molecule has 0 bridgehead atoms. The van der Waals surface area contributed by atoms with E-state index in [4.69, 9.17) is 5.11 Å². The predicted octanol–water partition coefficient (Wildman–Crippen LogP) is 2.08. The zero-order valence-corrected chi connectivity index (χ0v) is 14.2. The monoisotopic (exact) mass is 339 g/mol. The fraction of sp³-hybridized carbons (Fsp3) is 0.462. The summed E-state index contributed by atoms with van der Waals surface area (Å²) in [5.74, 6) is 1.10. The quantitative estimate of drug-likeness (QED) is 0.605. The number of carbonyl (C=O) groups is 1. The number of thioether (sulfide) groups is 2. The maximum atomic E-state index is 10.5. The third kappa shape index (κ3) is 4.70. The van der Waals surface area contributed by atoms with Crippen LogP contribution in [0, 0.1) is 13.8 Å². The van der Waals surface area contributed by atoms with Crippen LogP contribution in [0.5, 0.6) is 0 Å². The summed E-state index contributed by atoms with van der Waals surface area (Å²) in [5.41, 5.74) is 1.88. The van der Waals surface area contributed by atoms with Gasteiger partial charge in [0.1, 0.15) is 5.82 Å². The molecule has 9 heteroatoms. The van der Waals surface area contributed by atoms with Crippen LogP contribution < -0.4 is 0 Å². The molecule has 0 spiro atoms. The van der Waals surface area contributed by atoms with E-state index in [-0.39, 0.29) is 6.42 Å². The van der Waals surface area contributed by atoms with E-state index in [1.165, 1.54) is 23.5 Å². The predicted molar refractivity (Wildman–Crippen MR) is 85.0 cm³/mol. The van der Waals surface area contributed by atoms with Crippen molar-refractivity contribution in [3.8, 4) is 0 Å². The van der Waals surface area contributed by atoms with Crippen molar-refractivity contribution in [3.05, 3.63) is 23.3 Å². The van der Waals surface area contributed by atoms with E-state index in [0.717, 1.165) is 27.5 Å². The van der Waals surface area contributed by atoms with Gasteiger partial charge in [0, 0.05) is 24.2 Å². The van der Waals surface area contributed by atoms with Gasteiger partial charge >= 0.3 is 5.97 Å². The number of hydrogen-bond donors (Lipinski definition) is 1. The van der Waals surface area contributed by atoms with E-state index in [0.29, 0.717) is 11.5 Å². The second-order valence-electron chi connectivity index (χ2n) is 4.67. The standard InChI is InChI=1S/C13H17N5O2S2/c1-8-6-9(2)15-12(14-8)22-7-10-16-17-13(18(10)3)21-5-4-11(19)20/h6H,4-5,7H2,1-3H3,(H,19,20). The maximum Gasteiger partial charge on any atom is 0.304 e. The largest absolute Gasteiger partial charge is 0.481 e. The summed E-state index contributed by atoms with van der Waals surface area (Å²) in [6.07, 6.45) is 0.109. The second kappa shape index (κ2) is 7.59. The van der Waals surface area contributed by atoms with E-state index >= 15 is 0 Å². The number of aromatic nitrogens is 5. The molecule has 0 saturated heterocycles. The summed E-state index contributed by atoms with van der Waals surface area (Å²) in [4.78, 5) is 19.3. The summed E-state index contributed by atoms with van der Waals surface area (Å²) < 4.78 is 1.88. The average molecular weight is 339 g/mol. The van der Waals surface area contributed by atoms with E-state index in [1.54, 1.807) is 0 Å². The van der Waals surface area contributed by atoms with Gasteiger partial charge in [-0.1, -0.05) is 23.5 Å². The minimum atomic E-state index is -0.808. The normalized spacial score (nSPS) is 10.9. The van der Waals surface area contributed by atoms with E-state index in [9.17, 15) is 4.79 Å². The van der Waals surface area contributed by atoms with Crippen LogP contribution >= 0.6 is 23.5 Å². The molecular weight excluding hydrogens is 322 g/mol. The first-order valence-electron chi connectivity index (χ1n) is 6.63. The van der Waals surface area contributed by atoms with Crippen LogP contribution in [0.1, 0.15) is 23.6 Å². The molecule has 0 aliphatic heterocycles. The molecule has 0 amide bonds. The lowest BCUT2D eigenvalue weighted by Crippen LogP contribution is -2.00. The van der Waals surface area contributed by atoms with Crippen LogP contribution in [-0.2, 0) is 17.6 Å². The minimum Gasteiger partial charge on any atom is -0.481 e. The Morgan fingerprint density at radius 2 is 1.91 bits per heavy atom. The molecule has 0 radical (unpaired) electrons. The smallest absolute Gasteiger partial charge is 0.304 e. The summed E-state index contributed by atoms with van der Waals surface area (Å²) in [7, 11) is 1.88. The van der Waals surface area contributed by atoms with E-state index < -0.39 is 5.97 Å². The molecule has 0 aliphatic carbocycles. The molecule has 0 aliphatic rings. The van der Waals surface area contributed by atoms with Gasteiger partial charge in [0.15, 0.2) is 10.3 Å². The number of nitrogens with zero attached hydrogens (tertiary/aromatic N) is 5. The zero-order chi connectivity index (χ0) is 16.1. The Bertz CT molecular complexity index is 654. The van der Waals surface area contributed by atoms with Crippen molar-refractivity contribution in [2.24, 2.45) is 7.05 Å². The van der Waals surface area contributed by atoms with Gasteiger partial charge in [0.05, 0.1) is 12.2 Å². The molecule has 0 atom stereocenters. The average Bonchev–Trinajstić information content (AvgIpc) is 2.76. The van der Waals surface area contributed by atoms with Gasteiger partial charge in [0.2, 0.25) is 0 Å². The number of hydrogen-bond acceptors (Lipinski definition) is 7. The molecule has 0 fully saturated rings. The fourth-order valence-electron chi connectivity index (χ4n) is 1.71. The zero-order valence-electron chi connectivity index (χ0n) is 12.6. The molecule has 2 aromatic heterocycles. The van der Waals surface area contributed by atoms with Gasteiger partial charge in [-0.3, -0.25) is 4.79 Å². The Morgan fingerprint density at radius 1 is 1.23 bits per heavy atom. The molecule has 2 rings (SSSR count). The van der Waals surface area contributed by atoms with Gasteiger partial charge in [0.25, 0.3) is 0 Å². The molecule has 2 aromatic rings. The lowest BCUT2D eigenvalue weighted by atomic mass is 10.4. The van der Waals surface area contributed by atoms with E-state index in [2.05, 4.69) is 20.2 Å². The van der Waals surface area contributed by atoms with Crippen LogP contribution in [0.2, 0.25) is 0 Å². The van der Waals surface area contributed by atoms with Crippen LogP contribution in [-0.4, -0.2) is 41.6 Å². The van der Waals surface area contributed by atoms with Crippen LogP contribution in [0.25, 0.3) is 0 Å². The van der Waals surface area contributed by atoms with Crippen LogP contribution in [0.4, 0.5) is 0 Å². The van der Waals surface area contributed by atoms with Crippen molar-refractivity contribution in [1.82, 2.24) is 24.7 Å². The lowest BCUT2D eigenvalue weighted by molar-refractivity contribution is -0.136. The van der Waals surface area contributed by atoms with Crippen LogP contribution in [0.15, 0.2) is 16.4 Å². The fourth-order valence-corrected chi connectivity index (χ4v) is 3.50. The molecule has 0 aromatic carbocycles. The molecule has 0 saturated carbocycles. The highest BCUT2D eigenvalue weighted by Crippen LogP contribution is 2.22. The van der Waals surface area contributed by atoms with Crippen molar-refractivity contribution in [2.75, 3.05) is 5.75 Å². The van der Waals surface area contributed by atoms with Gasteiger partial charge in [-0.05, 0) is 19.9 Å². The Morgan fingerprint density at radius 3 is 2.55 bits per heavy atom. The van der Waals surface area contributed by atoms with Gasteiger partial charge in [-0.25, -0.2) is 9.97 Å².